The molecule has 0 aliphatic rings. The standard InChI is InChI=1S/C13H20N2O4/c1-9(2)12-10(13(16)17)8-14-11(15-12)4-5-19-7-6-18-3/h8-9H,4-7H2,1-3H3,(H,16,17). The van der Waals surface area contributed by atoms with Gasteiger partial charge in [0.15, 0.2) is 0 Å². The maximum atomic E-state index is 11.1. The number of carboxylic acids is 1. The van der Waals surface area contributed by atoms with Gasteiger partial charge in [-0.1, -0.05) is 13.8 Å². The molecule has 1 heterocycles. The number of rotatable bonds is 8. The summed E-state index contributed by atoms with van der Waals surface area (Å²) in [6.45, 7) is 5.39. The lowest BCUT2D eigenvalue weighted by Crippen LogP contribution is -2.12. The molecule has 0 amide bonds. The lowest BCUT2D eigenvalue weighted by molar-refractivity contribution is 0.0693. The number of carboxylic acid groups (broad SMARTS) is 1. The normalized spacial score (nSPS) is 10.9. The van der Waals surface area contributed by atoms with Crippen molar-refractivity contribution in [3.05, 3.63) is 23.3 Å². The minimum atomic E-state index is -0.994. The van der Waals surface area contributed by atoms with Gasteiger partial charge in [0.05, 0.1) is 31.1 Å². The van der Waals surface area contributed by atoms with Gasteiger partial charge in [-0.15, -0.1) is 0 Å². The van der Waals surface area contributed by atoms with Gasteiger partial charge < -0.3 is 14.6 Å². The molecule has 1 rings (SSSR count). The molecule has 0 spiro atoms. The third-order valence-corrected chi connectivity index (χ3v) is 2.55. The highest BCUT2D eigenvalue weighted by atomic mass is 16.5. The predicted octanol–water partition coefficient (Wildman–Crippen LogP) is 1.50. The highest BCUT2D eigenvalue weighted by Gasteiger charge is 2.16. The highest BCUT2D eigenvalue weighted by Crippen LogP contribution is 2.16. The van der Waals surface area contributed by atoms with Crippen molar-refractivity contribution >= 4 is 5.97 Å². The zero-order chi connectivity index (χ0) is 14.3. The summed E-state index contributed by atoms with van der Waals surface area (Å²) in [5.41, 5.74) is 0.730. The molecule has 0 saturated heterocycles. The molecule has 0 fully saturated rings. The van der Waals surface area contributed by atoms with Crippen molar-refractivity contribution in [1.29, 1.82) is 0 Å². The Kier molecular flexibility index (Phi) is 6.38. The molecule has 106 valence electrons. The fraction of sp³-hybridized carbons (Fsp3) is 0.615. The van der Waals surface area contributed by atoms with Gasteiger partial charge in [-0.25, -0.2) is 14.8 Å². The molecule has 0 unspecified atom stereocenters. The fourth-order valence-electron chi connectivity index (χ4n) is 1.57. The third kappa shape index (κ3) is 4.92. The molecule has 1 N–H and O–H groups in total. The average molecular weight is 268 g/mol. The smallest absolute Gasteiger partial charge is 0.339 e. The molecule has 0 aromatic carbocycles. The topological polar surface area (TPSA) is 81.5 Å². The van der Waals surface area contributed by atoms with Gasteiger partial charge >= 0.3 is 5.97 Å². The molecule has 1 aromatic rings. The average Bonchev–Trinajstić information content (AvgIpc) is 2.38. The van der Waals surface area contributed by atoms with Crippen molar-refractivity contribution in [3.63, 3.8) is 0 Å². The second-order valence-electron chi connectivity index (χ2n) is 4.40. The van der Waals surface area contributed by atoms with E-state index in [1.165, 1.54) is 6.20 Å². The molecule has 6 heteroatoms. The van der Waals surface area contributed by atoms with E-state index in [4.69, 9.17) is 14.6 Å². The van der Waals surface area contributed by atoms with Gasteiger partial charge in [0.1, 0.15) is 5.82 Å². The first-order chi connectivity index (χ1) is 9.06. The fourth-order valence-corrected chi connectivity index (χ4v) is 1.57. The largest absolute Gasteiger partial charge is 0.478 e. The van der Waals surface area contributed by atoms with Crippen LogP contribution in [0, 0.1) is 0 Å². The van der Waals surface area contributed by atoms with E-state index in [0.29, 0.717) is 37.8 Å². The van der Waals surface area contributed by atoms with Crippen LogP contribution in [0.25, 0.3) is 0 Å². The molecule has 19 heavy (non-hydrogen) atoms. The minimum absolute atomic E-state index is 0.0438. The van der Waals surface area contributed by atoms with Crippen LogP contribution in [0.1, 0.15) is 41.6 Å². The van der Waals surface area contributed by atoms with Crippen LogP contribution in [0.15, 0.2) is 6.20 Å². The number of carbonyl (C=O) groups is 1. The van der Waals surface area contributed by atoms with Gasteiger partial charge in [-0.3, -0.25) is 0 Å². The van der Waals surface area contributed by atoms with E-state index in [9.17, 15) is 4.79 Å². The Balaban J connectivity index is 2.65. The molecule has 0 atom stereocenters. The second-order valence-corrected chi connectivity index (χ2v) is 4.40. The van der Waals surface area contributed by atoms with E-state index in [1.807, 2.05) is 13.8 Å². The Bertz CT molecular complexity index is 421. The molecule has 0 saturated carbocycles. The van der Waals surface area contributed by atoms with Crippen LogP contribution in [0.4, 0.5) is 0 Å². The maximum absolute atomic E-state index is 11.1. The first-order valence-corrected chi connectivity index (χ1v) is 6.22. The van der Waals surface area contributed by atoms with E-state index in [-0.39, 0.29) is 11.5 Å². The van der Waals surface area contributed by atoms with Crippen molar-refractivity contribution in [2.24, 2.45) is 0 Å². The summed E-state index contributed by atoms with van der Waals surface area (Å²) in [4.78, 5) is 19.4. The molecule has 0 aliphatic heterocycles. The van der Waals surface area contributed by atoms with Crippen molar-refractivity contribution in [2.45, 2.75) is 26.2 Å². The Morgan fingerprint density at radius 2 is 2.11 bits per heavy atom. The Labute approximate surface area is 112 Å². The minimum Gasteiger partial charge on any atom is -0.478 e. The number of aromatic nitrogens is 2. The monoisotopic (exact) mass is 268 g/mol. The van der Waals surface area contributed by atoms with Crippen LogP contribution in [0.3, 0.4) is 0 Å². The molecule has 6 nitrogen and oxygen atoms in total. The van der Waals surface area contributed by atoms with E-state index in [2.05, 4.69) is 9.97 Å². The number of nitrogens with zero attached hydrogens (tertiary/aromatic N) is 2. The van der Waals surface area contributed by atoms with Gasteiger partial charge in [0.25, 0.3) is 0 Å². The summed E-state index contributed by atoms with van der Waals surface area (Å²) >= 11 is 0. The molecule has 1 aromatic heterocycles. The first-order valence-electron chi connectivity index (χ1n) is 6.22. The summed E-state index contributed by atoms with van der Waals surface area (Å²) in [6.07, 6.45) is 1.93. The Morgan fingerprint density at radius 3 is 2.68 bits per heavy atom. The molecular weight excluding hydrogens is 248 g/mol. The van der Waals surface area contributed by atoms with Crippen molar-refractivity contribution < 1.29 is 19.4 Å². The van der Waals surface area contributed by atoms with Crippen molar-refractivity contribution in [2.75, 3.05) is 26.9 Å². The number of ether oxygens (including phenoxy) is 2. The summed E-state index contributed by atoms with van der Waals surface area (Å²) in [7, 11) is 1.62. The number of hydrogen-bond acceptors (Lipinski definition) is 5. The predicted molar refractivity (Wildman–Crippen MR) is 69.5 cm³/mol. The van der Waals surface area contributed by atoms with E-state index < -0.39 is 5.97 Å². The van der Waals surface area contributed by atoms with Crippen LogP contribution >= 0.6 is 0 Å². The van der Waals surface area contributed by atoms with Crippen LogP contribution < -0.4 is 0 Å². The van der Waals surface area contributed by atoms with Crippen molar-refractivity contribution in [3.8, 4) is 0 Å². The van der Waals surface area contributed by atoms with Crippen LogP contribution in [0.2, 0.25) is 0 Å². The van der Waals surface area contributed by atoms with Crippen LogP contribution in [-0.4, -0.2) is 48.0 Å². The molecule has 0 aliphatic carbocycles. The number of methoxy groups -OCH3 is 1. The molecular formula is C13H20N2O4. The Hall–Kier alpha value is -1.53. The molecule has 0 bridgehead atoms. The maximum Gasteiger partial charge on any atom is 0.339 e. The lowest BCUT2D eigenvalue weighted by atomic mass is 10.1. The summed E-state index contributed by atoms with van der Waals surface area (Å²) in [6, 6.07) is 0. The third-order valence-electron chi connectivity index (χ3n) is 2.55. The van der Waals surface area contributed by atoms with E-state index >= 15 is 0 Å². The first kappa shape index (κ1) is 15.5. The summed E-state index contributed by atoms with van der Waals surface area (Å²) in [5, 5.41) is 9.06. The number of hydrogen-bond donors (Lipinski definition) is 1. The van der Waals surface area contributed by atoms with Crippen LogP contribution in [0.5, 0.6) is 0 Å². The highest BCUT2D eigenvalue weighted by molar-refractivity contribution is 5.88. The second kappa shape index (κ2) is 7.81. The molecule has 0 radical (unpaired) electrons. The quantitative estimate of drug-likeness (QED) is 0.720. The number of aromatic carboxylic acids is 1. The SMILES string of the molecule is COCCOCCc1ncc(C(=O)O)c(C(C)C)n1. The van der Waals surface area contributed by atoms with Crippen LogP contribution in [-0.2, 0) is 15.9 Å². The van der Waals surface area contributed by atoms with Gasteiger partial charge in [0.2, 0.25) is 0 Å². The lowest BCUT2D eigenvalue weighted by Gasteiger charge is -2.10. The summed E-state index contributed by atoms with van der Waals surface area (Å²) in [5.74, 6) is -0.347. The van der Waals surface area contributed by atoms with Gasteiger partial charge in [-0.2, -0.15) is 0 Å². The zero-order valence-corrected chi connectivity index (χ0v) is 11.5. The zero-order valence-electron chi connectivity index (χ0n) is 11.5. The van der Waals surface area contributed by atoms with Gasteiger partial charge in [-0.05, 0) is 5.92 Å². The van der Waals surface area contributed by atoms with Gasteiger partial charge in [0, 0.05) is 19.7 Å². The van der Waals surface area contributed by atoms with E-state index in [1.54, 1.807) is 7.11 Å². The van der Waals surface area contributed by atoms with Crippen molar-refractivity contribution in [1.82, 2.24) is 9.97 Å². The van der Waals surface area contributed by atoms with E-state index in [0.717, 1.165) is 0 Å². The summed E-state index contributed by atoms with van der Waals surface area (Å²) < 4.78 is 10.2. The Morgan fingerprint density at radius 1 is 1.37 bits per heavy atom.